The normalized spacial score (nSPS) is 13.4. The molecule has 1 aromatic carbocycles. The lowest BCUT2D eigenvalue weighted by Crippen LogP contribution is -2.39. The molecular weight excluding hydrogens is 467 g/mol. The number of ether oxygens (including phenoxy) is 2. The molecule has 0 radical (unpaired) electrons. The minimum absolute atomic E-state index is 0. The predicted molar refractivity (Wildman–Crippen MR) is 123 cm³/mol. The van der Waals surface area contributed by atoms with Crippen molar-refractivity contribution in [2.24, 2.45) is 10.9 Å². The van der Waals surface area contributed by atoms with Crippen LogP contribution in [0.5, 0.6) is 11.5 Å². The number of aliphatic imine (C=N–C) groups is 1. The lowest BCUT2D eigenvalue weighted by molar-refractivity contribution is 0.297. The van der Waals surface area contributed by atoms with Gasteiger partial charge < -0.3 is 20.1 Å². The van der Waals surface area contributed by atoms with Gasteiger partial charge in [0.15, 0.2) is 5.96 Å². The molecule has 1 aromatic heterocycles. The molecule has 28 heavy (non-hydrogen) atoms. The number of para-hydroxylation sites is 1. The summed E-state index contributed by atoms with van der Waals surface area (Å²) in [5.74, 6) is 3.21. The molecule has 7 heteroatoms. The lowest BCUT2D eigenvalue weighted by Gasteiger charge is -2.13. The van der Waals surface area contributed by atoms with Crippen molar-refractivity contribution in [2.75, 3.05) is 26.3 Å². The second-order valence-corrected chi connectivity index (χ2v) is 6.52. The van der Waals surface area contributed by atoms with Crippen molar-refractivity contribution in [3.63, 3.8) is 0 Å². The molecular formula is C21H29IN4O2. The van der Waals surface area contributed by atoms with Crippen molar-refractivity contribution in [1.29, 1.82) is 0 Å². The Morgan fingerprint density at radius 1 is 1.14 bits per heavy atom. The van der Waals surface area contributed by atoms with Gasteiger partial charge in [-0.05, 0) is 43.9 Å². The van der Waals surface area contributed by atoms with E-state index in [4.69, 9.17) is 9.47 Å². The molecule has 0 bridgehead atoms. The summed E-state index contributed by atoms with van der Waals surface area (Å²) in [4.78, 5) is 8.71. The molecule has 0 atom stereocenters. The van der Waals surface area contributed by atoms with Gasteiger partial charge in [0.1, 0.15) is 18.1 Å². The van der Waals surface area contributed by atoms with E-state index in [9.17, 15) is 0 Å². The molecule has 1 saturated carbocycles. The molecule has 0 amide bonds. The quantitative estimate of drug-likeness (QED) is 0.228. The fourth-order valence-corrected chi connectivity index (χ4v) is 2.54. The summed E-state index contributed by atoms with van der Waals surface area (Å²) in [6, 6.07) is 11.9. The first-order valence-electron chi connectivity index (χ1n) is 9.61. The summed E-state index contributed by atoms with van der Waals surface area (Å²) in [7, 11) is 0. The van der Waals surface area contributed by atoms with Gasteiger partial charge in [0.25, 0.3) is 0 Å². The van der Waals surface area contributed by atoms with Gasteiger partial charge in [-0.15, -0.1) is 24.0 Å². The zero-order valence-corrected chi connectivity index (χ0v) is 18.6. The van der Waals surface area contributed by atoms with Crippen molar-refractivity contribution in [2.45, 2.75) is 26.3 Å². The van der Waals surface area contributed by atoms with Gasteiger partial charge in [-0.2, -0.15) is 0 Å². The number of guanidine groups is 1. The molecule has 1 aliphatic carbocycles. The van der Waals surface area contributed by atoms with Crippen LogP contribution in [0, 0.1) is 5.92 Å². The number of hydrogen-bond acceptors (Lipinski definition) is 4. The van der Waals surface area contributed by atoms with Gasteiger partial charge in [-0.3, -0.25) is 4.98 Å². The number of halogens is 1. The van der Waals surface area contributed by atoms with Gasteiger partial charge in [0, 0.05) is 18.3 Å². The summed E-state index contributed by atoms with van der Waals surface area (Å²) in [5, 5.41) is 6.55. The molecule has 2 aromatic rings. The third-order valence-electron chi connectivity index (χ3n) is 4.19. The molecule has 1 heterocycles. The van der Waals surface area contributed by atoms with E-state index in [1.165, 1.54) is 12.8 Å². The van der Waals surface area contributed by atoms with E-state index >= 15 is 0 Å². The summed E-state index contributed by atoms with van der Waals surface area (Å²) in [6.07, 6.45) is 6.01. The van der Waals surface area contributed by atoms with E-state index in [0.29, 0.717) is 19.7 Å². The summed E-state index contributed by atoms with van der Waals surface area (Å²) in [6.45, 7) is 5.42. The molecule has 6 nitrogen and oxygen atoms in total. The first kappa shape index (κ1) is 22.3. The SMILES string of the molecule is CCNC(=NCc1ccccc1OCC1CC1)NCCOc1cccnc1.I. The standard InChI is InChI=1S/C21H28N4O2.HI/c1-2-23-21(24-12-13-26-19-7-5-11-22-15-19)25-14-18-6-3-4-8-20(18)27-16-17-9-10-17;/h3-8,11,15,17H,2,9-10,12-14,16H2,1H3,(H2,23,24,25);1H. The fourth-order valence-electron chi connectivity index (χ4n) is 2.54. The molecule has 0 saturated heterocycles. The Hall–Kier alpha value is -2.03. The topological polar surface area (TPSA) is 67.8 Å². The van der Waals surface area contributed by atoms with Gasteiger partial charge in [0.2, 0.25) is 0 Å². The summed E-state index contributed by atoms with van der Waals surface area (Å²) >= 11 is 0. The highest BCUT2D eigenvalue weighted by molar-refractivity contribution is 14.0. The van der Waals surface area contributed by atoms with Crippen molar-refractivity contribution >= 4 is 29.9 Å². The van der Waals surface area contributed by atoms with Gasteiger partial charge in [-0.1, -0.05) is 18.2 Å². The highest BCUT2D eigenvalue weighted by atomic mass is 127. The average Bonchev–Trinajstić information content (AvgIpc) is 3.53. The number of nitrogens with one attached hydrogen (secondary N) is 2. The molecule has 0 unspecified atom stereocenters. The fraction of sp³-hybridized carbons (Fsp3) is 0.429. The highest BCUT2D eigenvalue weighted by Crippen LogP contribution is 2.30. The molecule has 3 rings (SSSR count). The molecule has 152 valence electrons. The van der Waals surface area contributed by atoms with Gasteiger partial charge >= 0.3 is 0 Å². The second kappa shape index (κ2) is 12.4. The molecule has 1 aliphatic rings. The zero-order valence-electron chi connectivity index (χ0n) is 16.3. The number of hydrogen-bond donors (Lipinski definition) is 2. The largest absolute Gasteiger partial charge is 0.493 e. The third kappa shape index (κ3) is 7.92. The average molecular weight is 496 g/mol. The maximum Gasteiger partial charge on any atom is 0.191 e. The van der Waals surface area contributed by atoms with E-state index in [0.717, 1.165) is 42.1 Å². The lowest BCUT2D eigenvalue weighted by atomic mass is 10.2. The van der Waals surface area contributed by atoms with E-state index in [1.807, 2.05) is 30.3 Å². The smallest absolute Gasteiger partial charge is 0.191 e. The molecule has 1 fully saturated rings. The van der Waals surface area contributed by atoms with Crippen LogP contribution in [-0.2, 0) is 6.54 Å². The Morgan fingerprint density at radius 3 is 2.75 bits per heavy atom. The maximum absolute atomic E-state index is 5.96. The van der Waals surface area contributed by atoms with Crippen molar-refractivity contribution in [3.8, 4) is 11.5 Å². The van der Waals surface area contributed by atoms with Crippen LogP contribution < -0.4 is 20.1 Å². The Kier molecular flexibility index (Phi) is 9.88. The first-order valence-corrected chi connectivity index (χ1v) is 9.61. The Morgan fingerprint density at radius 2 is 2.00 bits per heavy atom. The van der Waals surface area contributed by atoms with Crippen LogP contribution in [0.2, 0.25) is 0 Å². The Labute approximate surface area is 184 Å². The Bertz CT molecular complexity index is 723. The van der Waals surface area contributed by atoms with Crippen LogP contribution >= 0.6 is 24.0 Å². The van der Waals surface area contributed by atoms with E-state index in [1.54, 1.807) is 12.4 Å². The van der Waals surface area contributed by atoms with Gasteiger partial charge in [-0.25, -0.2) is 4.99 Å². The van der Waals surface area contributed by atoms with Crippen molar-refractivity contribution < 1.29 is 9.47 Å². The van der Waals surface area contributed by atoms with Crippen LogP contribution in [0.25, 0.3) is 0 Å². The number of pyridine rings is 1. The zero-order chi connectivity index (χ0) is 18.7. The highest BCUT2D eigenvalue weighted by Gasteiger charge is 2.22. The maximum atomic E-state index is 5.96. The monoisotopic (exact) mass is 496 g/mol. The van der Waals surface area contributed by atoms with Crippen LogP contribution in [0.15, 0.2) is 53.8 Å². The van der Waals surface area contributed by atoms with E-state index < -0.39 is 0 Å². The minimum Gasteiger partial charge on any atom is -0.493 e. The second-order valence-electron chi connectivity index (χ2n) is 6.52. The number of rotatable bonds is 10. The van der Waals surface area contributed by atoms with Crippen LogP contribution in [-0.4, -0.2) is 37.2 Å². The predicted octanol–water partition coefficient (Wildman–Crippen LogP) is 3.62. The summed E-state index contributed by atoms with van der Waals surface area (Å²) < 4.78 is 11.6. The van der Waals surface area contributed by atoms with Gasteiger partial charge in [0.05, 0.1) is 25.9 Å². The number of aromatic nitrogens is 1. The van der Waals surface area contributed by atoms with Crippen LogP contribution in [0.4, 0.5) is 0 Å². The molecule has 0 aliphatic heterocycles. The summed E-state index contributed by atoms with van der Waals surface area (Å²) in [5.41, 5.74) is 1.10. The minimum atomic E-state index is 0. The number of benzene rings is 1. The first-order chi connectivity index (χ1) is 13.3. The van der Waals surface area contributed by atoms with E-state index in [2.05, 4.69) is 33.6 Å². The van der Waals surface area contributed by atoms with Crippen molar-refractivity contribution in [3.05, 3.63) is 54.4 Å². The van der Waals surface area contributed by atoms with Crippen LogP contribution in [0.1, 0.15) is 25.3 Å². The van der Waals surface area contributed by atoms with Crippen molar-refractivity contribution in [1.82, 2.24) is 15.6 Å². The van der Waals surface area contributed by atoms with Crippen LogP contribution in [0.3, 0.4) is 0 Å². The van der Waals surface area contributed by atoms with E-state index in [-0.39, 0.29) is 24.0 Å². The third-order valence-corrected chi connectivity index (χ3v) is 4.19. The molecule has 2 N–H and O–H groups in total. The molecule has 0 spiro atoms. The number of nitrogens with zero attached hydrogens (tertiary/aromatic N) is 2. The Balaban J connectivity index is 0.00000280.